The Kier molecular flexibility index (Phi) is 8.67. The van der Waals surface area contributed by atoms with Gasteiger partial charge in [0, 0.05) is 18.0 Å². The average Bonchev–Trinajstić information content (AvgIpc) is 3.31. The van der Waals surface area contributed by atoms with Crippen LogP contribution in [0.5, 0.6) is 0 Å². The third kappa shape index (κ3) is 6.66. The number of rotatable bonds is 8. The van der Waals surface area contributed by atoms with Crippen molar-refractivity contribution in [2.75, 3.05) is 17.2 Å². The van der Waals surface area contributed by atoms with Crippen LogP contribution in [0, 0.1) is 18.3 Å². The minimum atomic E-state index is -0.777. The summed E-state index contributed by atoms with van der Waals surface area (Å²) in [6.07, 6.45) is 1.51. The van der Waals surface area contributed by atoms with Gasteiger partial charge in [-0.15, -0.1) is 0 Å². The SMILES string of the molecule is Cc1cc(C#N)cc(C(=O)NOCC(=O)Nc2ccccc2)c1NC(=O)c1cc(Br)nn1-c1ncccc1Cl. The van der Waals surface area contributed by atoms with Crippen molar-refractivity contribution in [1.82, 2.24) is 20.2 Å². The molecule has 13 heteroatoms. The Bertz CT molecular complexity index is 1600. The first-order valence-corrected chi connectivity index (χ1v) is 12.4. The lowest BCUT2D eigenvalue weighted by molar-refractivity contribution is -0.122. The summed E-state index contributed by atoms with van der Waals surface area (Å²) >= 11 is 9.51. The van der Waals surface area contributed by atoms with E-state index >= 15 is 0 Å². The number of halogens is 2. The van der Waals surface area contributed by atoms with Crippen LogP contribution in [0.1, 0.15) is 32.0 Å². The highest BCUT2D eigenvalue weighted by Crippen LogP contribution is 2.26. The van der Waals surface area contributed by atoms with Gasteiger partial charge in [-0.2, -0.15) is 10.4 Å². The lowest BCUT2D eigenvalue weighted by Crippen LogP contribution is -2.30. The van der Waals surface area contributed by atoms with Gasteiger partial charge in [0.15, 0.2) is 12.4 Å². The molecular formula is C26H19BrClN7O4. The van der Waals surface area contributed by atoms with Crippen LogP contribution in [0.4, 0.5) is 11.4 Å². The fourth-order valence-corrected chi connectivity index (χ4v) is 4.10. The molecule has 0 aliphatic rings. The Morgan fingerprint density at radius 2 is 1.85 bits per heavy atom. The van der Waals surface area contributed by atoms with Crippen molar-refractivity contribution >= 4 is 56.6 Å². The van der Waals surface area contributed by atoms with Crippen LogP contribution in [-0.4, -0.2) is 39.1 Å². The van der Waals surface area contributed by atoms with Crippen molar-refractivity contribution in [3.05, 3.63) is 98.9 Å². The van der Waals surface area contributed by atoms with E-state index in [0.717, 1.165) is 0 Å². The Hall–Kier alpha value is -4.57. The van der Waals surface area contributed by atoms with Crippen LogP contribution >= 0.6 is 27.5 Å². The number of carbonyl (C=O) groups excluding carboxylic acids is 3. The van der Waals surface area contributed by atoms with Crippen molar-refractivity contribution in [3.8, 4) is 11.9 Å². The second kappa shape index (κ2) is 12.3. The van der Waals surface area contributed by atoms with Gasteiger partial charge < -0.3 is 10.6 Å². The number of hydrogen-bond donors (Lipinski definition) is 3. The molecule has 0 bridgehead atoms. The zero-order valence-corrected chi connectivity index (χ0v) is 22.6. The predicted molar refractivity (Wildman–Crippen MR) is 146 cm³/mol. The molecule has 2 aromatic carbocycles. The number of nitrogens with zero attached hydrogens (tertiary/aromatic N) is 4. The normalized spacial score (nSPS) is 10.4. The molecule has 196 valence electrons. The molecule has 11 nitrogen and oxygen atoms in total. The Morgan fingerprint density at radius 1 is 1.08 bits per heavy atom. The van der Waals surface area contributed by atoms with Crippen LogP contribution in [-0.2, 0) is 9.63 Å². The molecule has 2 aromatic heterocycles. The number of pyridine rings is 1. The number of aromatic nitrogens is 3. The van der Waals surface area contributed by atoms with E-state index in [1.165, 1.54) is 29.1 Å². The van der Waals surface area contributed by atoms with E-state index in [1.807, 2.05) is 6.07 Å². The number of para-hydroxylation sites is 1. The molecule has 39 heavy (non-hydrogen) atoms. The maximum atomic E-state index is 13.3. The molecule has 0 aliphatic heterocycles. The van der Waals surface area contributed by atoms with E-state index in [1.54, 1.807) is 49.4 Å². The fourth-order valence-electron chi connectivity index (χ4n) is 3.52. The minimum Gasteiger partial charge on any atom is -0.324 e. The van der Waals surface area contributed by atoms with Gasteiger partial charge >= 0.3 is 0 Å². The van der Waals surface area contributed by atoms with Crippen LogP contribution in [0.15, 0.2) is 71.5 Å². The average molecular weight is 609 g/mol. The summed E-state index contributed by atoms with van der Waals surface area (Å²) < 4.78 is 1.61. The van der Waals surface area contributed by atoms with Gasteiger partial charge in [-0.1, -0.05) is 29.8 Å². The van der Waals surface area contributed by atoms with Crippen LogP contribution in [0.3, 0.4) is 0 Å². The van der Waals surface area contributed by atoms with E-state index in [4.69, 9.17) is 16.4 Å². The summed E-state index contributed by atoms with van der Waals surface area (Å²) in [6.45, 7) is 1.15. The molecule has 0 saturated carbocycles. The molecule has 0 radical (unpaired) electrons. The van der Waals surface area contributed by atoms with E-state index in [0.29, 0.717) is 15.9 Å². The van der Waals surface area contributed by atoms with Crippen molar-refractivity contribution in [2.24, 2.45) is 0 Å². The van der Waals surface area contributed by atoms with Gasteiger partial charge in [0.25, 0.3) is 17.7 Å². The first-order chi connectivity index (χ1) is 18.8. The number of anilines is 2. The monoisotopic (exact) mass is 607 g/mol. The van der Waals surface area contributed by atoms with E-state index in [-0.39, 0.29) is 33.3 Å². The standard InChI is InChI=1S/C26H19BrClN7O4/c1-15-10-16(13-29)11-18(25(37)34-39-14-22(36)31-17-6-3-2-4-7-17)23(15)32-26(38)20-12-21(27)33-35(20)24-19(28)8-5-9-30-24/h2-12H,14H2,1H3,(H,31,36)(H,32,38)(H,34,37). The number of nitrogens with one attached hydrogen (secondary N) is 3. The number of amides is 3. The molecule has 0 spiro atoms. The highest BCUT2D eigenvalue weighted by atomic mass is 79.9. The number of hydroxylamine groups is 1. The van der Waals surface area contributed by atoms with Crippen LogP contribution < -0.4 is 16.1 Å². The minimum absolute atomic E-state index is 0.0515. The fraction of sp³-hybridized carbons (Fsp3) is 0.0769. The predicted octanol–water partition coefficient (Wildman–Crippen LogP) is 4.42. The summed E-state index contributed by atoms with van der Waals surface area (Å²) in [5.74, 6) is -1.67. The Balaban J connectivity index is 1.54. The van der Waals surface area contributed by atoms with Crippen molar-refractivity contribution in [1.29, 1.82) is 5.26 Å². The molecule has 0 unspecified atom stereocenters. The summed E-state index contributed by atoms with van der Waals surface area (Å²) in [6, 6.07) is 18.2. The van der Waals surface area contributed by atoms with Crippen molar-refractivity contribution in [3.63, 3.8) is 0 Å². The largest absolute Gasteiger partial charge is 0.324 e. The summed E-state index contributed by atoms with van der Waals surface area (Å²) in [5.41, 5.74) is 3.53. The summed E-state index contributed by atoms with van der Waals surface area (Å²) in [4.78, 5) is 47.7. The number of nitriles is 1. The third-order valence-corrected chi connectivity index (χ3v) is 5.91. The molecule has 0 atom stereocenters. The maximum Gasteiger partial charge on any atom is 0.277 e. The van der Waals surface area contributed by atoms with Crippen LogP contribution in [0.2, 0.25) is 5.02 Å². The quantitative estimate of drug-likeness (QED) is 0.251. The topological polar surface area (TPSA) is 151 Å². The smallest absolute Gasteiger partial charge is 0.277 e. The molecule has 0 aliphatic carbocycles. The molecule has 0 fully saturated rings. The van der Waals surface area contributed by atoms with Crippen LogP contribution in [0.25, 0.3) is 5.82 Å². The number of carbonyl (C=O) groups is 3. The van der Waals surface area contributed by atoms with Crippen molar-refractivity contribution in [2.45, 2.75) is 6.92 Å². The highest BCUT2D eigenvalue weighted by Gasteiger charge is 2.23. The second-order valence-electron chi connectivity index (χ2n) is 7.99. The van der Waals surface area contributed by atoms with E-state index in [9.17, 15) is 19.6 Å². The molecular weight excluding hydrogens is 590 g/mol. The van der Waals surface area contributed by atoms with E-state index in [2.05, 4.69) is 42.1 Å². The highest BCUT2D eigenvalue weighted by molar-refractivity contribution is 9.10. The molecule has 2 heterocycles. The number of benzene rings is 2. The van der Waals surface area contributed by atoms with Gasteiger partial charge in [0.1, 0.15) is 10.3 Å². The zero-order chi connectivity index (χ0) is 27.9. The number of hydrogen-bond acceptors (Lipinski definition) is 7. The lowest BCUT2D eigenvalue weighted by atomic mass is 10.0. The van der Waals surface area contributed by atoms with E-state index < -0.39 is 24.3 Å². The van der Waals surface area contributed by atoms with Gasteiger partial charge in [-0.25, -0.2) is 15.1 Å². The Labute approximate surface area is 235 Å². The van der Waals surface area contributed by atoms with Gasteiger partial charge in [0.05, 0.1) is 27.9 Å². The molecule has 3 amide bonds. The molecule has 4 rings (SSSR count). The maximum absolute atomic E-state index is 13.3. The first-order valence-electron chi connectivity index (χ1n) is 11.3. The lowest BCUT2D eigenvalue weighted by Gasteiger charge is -2.15. The van der Waals surface area contributed by atoms with Gasteiger partial charge in [-0.05, 0) is 64.8 Å². The van der Waals surface area contributed by atoms with Gasteiger partial charge in [-0.3, -0.25) is 19.2 Å². The van der Waals surface area contributed by atoms with Crippen molar-refractivity contribution < 1.29 is 19.2 Å². The van der Waals surface area contributed by atoms with Gasteiger partial charge in [0.2, 0.25) is 0 Å². The second-order valence-corrected chi connectivity index (χ2v) is 9.21. The third-order valence-electron chi connectivity index (χ3n) is 5.23. The molecule has 3 N–H and O–H groups in total. The molecule has 0 saturated heterocycles. The molecule has 4 aromatic rings. The summed E-state index contributed by atoms with van der Waals surface area (Å²) in [7, 11) is 0. The zero-order valence-electron chi connectivity index (χ0n) is 20.2. The number of aryl methyl sites for hydroxylation is 1. The Morgan fingerprint density at radius 3 is 2.56 bits per heavy atom. The summed E-state index contributed by atoms with van der Waals surface area (Å²) in [5, 5.41) is 19.2. The first kappa shape index (κ1) is 27.5.